The zero-order chi connectivity index (χ0) is 10.1. The molecule has 72 valence electrons. The van der Waals surface area contributed by atoms with Crippen molar-refractivity contribution in [2.75, 3.05) is 0 Å². The average Bonchev–Trinajstić information content (AvgIpc) is 2.47. The number of carbonyl (C=O) groups excluding carboxylic acids is 1. The Hall–Kier alpha value is -1.64. The molecule has 3 nitrogen and oxygen atoms in total. The van der Waals surface area contributed by atoms with Gasteiger partial charge in [0.1, 0.15) is 5.78 Å². The summed E-state index contributed by atoms with van der Waals surface area (Å²) in [6, 6.07) is 7.93. The van der Waals surface area contributed by atoms with Crippen molar-refractivity contribution in [1.29, 1.82) is 0 Å². The monoisotopic (exact) mass is 188 g/mol. The molecule has 0 aliphatic carbocycles. The van der Waals surface area contributed by atoms with Gasteiger partial charge < -0.3 is 0 Å². The largest absolute Gasteiger partial charge is 0.300 e. The average molecular weight is 188 g/mol. The molecule has 0 saturated heterocycles. The van der Waals surface area contributed by atoms with Crippen LogP contribution < -0.4 is 0 Å². The minimum atomic E-state index is 0.144. The predicted octanol–water partition coefficient (Wildman–Crippen LogP) is 1.77. The first-order chi connectivity index (χ1) is 6.66. The Balaban J connectivity index is 2.51. The number of ketones is 1. The van der Waals surface area contributed by atoms with E-state index in [-0.39, 0.29) is 5.78 Å². The second-order valence-corrected chi connectivity index (χ2v) is 3.52. The number of Topliss-reactive ketones (excluding diaryl/α,β-unsaturated/α-hetero) is 1. The van der Waals surface area contributed by atoms with Crippen molar-refractivity contribution >= 4 is 11.3 Å². The Morgan fingerprint density at radius 1 is 1.50 bits per heavy atom. The maximum atomic E-state index is 10.9. The fraction of sp³-hybridized carbons (Fsp3) is 0.273. The van der Waals surface area contributed by atoms with Crippen LogP contribution in [-0.2, 0) is 11.2 Å². The third-order valence-electron chi connectivity index (χ3n) is 2.16. The van der Waals surface area contributed by atoms with Crippen LogP contribution in [0.25, 0.3) is 5.52 Å². The first-order valence-corrected chi connectivity index (χ1v) is 4.60. The number of nitrogens with zero attached hydrogens (tertiary/aromatic N) is 2. The van der Waals surface area contributed by atoms with Gasteiger partial charge in [0.25, 0.3) is 0 Å². The van der Waals surface area contributed by atoms with Crippen LogP contribution >= 0.6 is 0 Å². The molecule has 0 amide bonds. The Kier molecular flexibility index (Phi) is 2.08. The van der Waals surface area contributed by atoms with Crippen LogP contribution in [0, 0.1) is 6.92 Å². The molecule has 0 N–H and O–H groups in total. The minimum Gasteiger partial charge on any atom is -0.300 e. The number of rotatable bonds is 2. The number of carbonyl (C=O) groups is 1. The summed E-state index contributed by atoms with van der Waals surface area (Å²) in [5.41, 5.74) is 2.96. The molecule has 0 saturated carbocycles. The molecule has 0 spiro atoms. The van der Waals surface area contributed by atoms with Gasteiger partial charge in [0.2, 0.25) is 0 Å². The molecular formula is C11H12N2O. The van der Waals surface area contributed by atoms with Crippen molar-refractivity contribution in [2.24, 2.45) is 0 Å². The molecule has 0 radical (unpaired) electrons. The fourth-order valence-corrected chi connectivity index (χ4v) is 1.55. The summed E-state index contributed by atoms with van der Waals surface area (Å²) in [7, 11) is 0. The molecular weight excluding hydrogens is 176 g/mol. The smallest absolute Gasteiger partial charge is 0.135 e. The van der Waals surface area contributed by atoms with E-state index in [4.69, 9.17) is 0 Å². The van der Waals surface area contributed by atoms with Crippen LogP contribution in [-0.4, -0.2) is 15.4 Å². The van der Waals surface area contributed by atoms with E-state index >= 15 is 0 Å². The summed E-state index contributed by atoms with van der Waals surface area (Å²) in [6.45, 7) is 3.58. The molecule has 2 heterocycles. The first-order valence-electron chi connectivity index (χ1n) is 4.60. The van der Waals surface area contributed by atoms with Crippen molar-refractivity contribution in [3.05, 3.63) is 35.7 Å². The van der Waals surface area contributed by atoms with E-state index in [0.717, 1.165) is 16.9 Å². The Bertz CT molecular complexity index is 485. The van der Waals surface area contributed by atoms with Gasteiger partial charge in [-0.3, -0.25) is 4.79 Å². The normalized spacial score (nSPS) is 10.7. The zero-order valence-electron chi connectivity index (χ0n) is 8.32. The molecule has 0 aliphatic rings. The third-order valence-corrected chi connectivity index (χ3v) is 2.16. The molecule has 0 unspecified atom stereocenters. The SMILES string of the molecule is CC(=O)Cc1cc2cccc(C)n2n1. The highest BCUT2D eigenvalue weighted by Gasteiger charge is 2.04. The summed E-state index contributed by atoms with van der Waals surface area (Å²) in [4.78, 5) is 10.9. The highest BCUT2D eigenvalue weighted by Crippen LogP contribution is 2.09. The molecule has 2 aromatic rings. The summed E-state index contributed by atoms with van der Waals surface area (Å²) >= 11 is 0. The van der Waals surface area contributed by atoms with Crippen molar-refractivity contribution in [2.45, 2.75) is 20.3 Å². The van der Waals surface area contributed by atoms with E-state index in [0.29, 0.717) is 6.42 Å². The van der Waals surface area contributed by atoms with Crippen LogP contribution in [0.4, 0.5) is 0 Å². The minimum absolute atomic E-state index is 0.144. The maximum Gasteiger partial charge on any atom is 0.135 e. The summed E-state index contributed by atoms with van der Waals surface area (Å²) < 4.78 is 1.86. The van der Waals surface area contributed by atoms with Crippen molar-refractivity contribution in [1.82, 2.24) is 9.61 Å². The standard InChI is InChI=1S/C11H12N2O/c1-8-4-3-5-11-7-10(6-9(2)14)12-13(8)11/h3-5,7H,6H2,1-2H3. The lowest BCUT2D eigenvalue weighted by molar-refractivity contribution is -0.116. The molecule has 3 heteroatoms. The lowest BCUT2D eigenvalue weighted by Crippen LogP contribution is -1.98. The van der Waals surface area contributed by atoms with E-state index in [1.165, 1.54) is 0 Å². The summed E-state index contributed by atoms with van der Waals surface area (Å²) in [6.07, 6.45) is 0.418. The van der Waals surface area contributed by atoms with Gasteiger partial charge in [0, 0.05) is 5.69 Å². The first kappa shape index (κ1) is 8.94. The van der Waals surface area contributed by atoms with E-state index in [2.05, 4.69) is 5.10 Å². The van der Waals surface area contributed by atoms with Crippen LogP contribution in [0.3, 0.4) is 0 Å². The van der Waals surface area contributed by atoms with E-state index < -0.39 is 0 Å². The number of fused-ring (bicyclic) bond motifs is 1. The molecule has 0 bridgehead atoms. The fourth-order valence-electron chi connectivity index (χ4n) is 1.55. The van der Waals surface area contributed by atoms with Crippen LogP contribution in [0.1, 0.15) is 18.3 Å². The zero-order valence-corrected chi connectivity index (χ0v) is 8.32. The van der Waals surface area contributed by atoms with Gasteiger partial charge >= 0.3 is 0 Å². The van der Waals surface area contributed by atoms with Gasteiger partial charge in [-0.05, 0) is 32.0 Å². The maximum absolute atomic E-state index is 10.9. The van der Waals surface area contributed by atoms with Crippen LogP contribution in [0.5, 0.6) is 0 Å². The van der Waals surface area contributed by atoms with Crippen molar-refractivity contribution in [3.8, 4) is 0 Å². The lowest BCUT2D eigenvalue weighted by Gasteiger charge is -1.95. The van der Waals surface area contributed by atoms with Gasteiger partial charge in [-0.25, -0.2) is 4.52 Å². The van der Waals surface area contributed by atoms with Crippen molar-refractivity contribution in [3.63, 3.8) is 0 Å². The number of hydrogen-bond donors (Lipinski definition) is 0. The highest BCUT2D eigenvalue weighted by atomic mass is 16.1. The molecule has 0 atom stereocenters. The van der Waals surface area contributed by atoms with Gasteiger partial charge in [0.15, 0.2) is 0 Å². The molecule has 0 aromatic carbocycles. The van der Waals surface area contributed by atoms with Gasteiger partial charge in [-0.2, -0.15) is 5.10 Å². The number of hydrogen-bond acceptors (Lipinski definition) is 2. The number of aryl methyl sites for hydroxylation is 1. The molecule has 0 aliphatic heterocycles. The lowest BCUT2D eigenvalue weighted by atomic mass is 10.2. The molecule has 14 heavy (non-hydrogen) atoms. The quantitative estimate of drug-likeness (QED) is 0.719. The predicted molar refractivity (Wildman–Crippen MR) is 54.3 cm³/mol. The Morgan fingerprint density at radius 2 is 2.29 bits per heavy atom. The molecule has 0 fully saturated rings. The van der Waals surface area contributed by atoms with Crippen LogP contribution in [0.2, 0.25) is 0 Å². The van der Waals surface area contributed by atoms with Gasteiger partial charge in [-0.1, -0.05) is 6.07 Å². The second kappa shape index (κ2) is 3.25. The number of pyridine rings is 1. The highest BCUT2D eigenvalue weighted by molar-refractivity contribution is 5.78. The summed E-state index contributed by atoms with van der Waals surface area (Å²) in [5.74, 6) is 0.144. The van der Waals surface area contributed by atoms with E-state index in [1.807, 2.05) is 35.7 Å². The Labute approximate surface area is 82.4 Å². The Morgan fingerprint density at radius 3 is 2.93 bits per heavy atom. The molecule has 2 rings (SSSR count). The van der Waals surface area contributed by atoms with Crippen molar-refractivity contribution < 1.29 is 4.79 Å². The number of aromatic nitrogens is 2. The van der Waals surface area contributed by atoms with Gasteiger partial charge in [0.05, 0.1) is 17.6 Å². The van der Waals surface area contributed by atoms with Crippen LogP contribution in [0.15, 0.2) is 24.3 Å². The molecule has 2 aromatic heterocycles. The van der Waals surface area contributed by atoms with E-state index in [1.54, 1.807) is 6.92 Å². The van der Waals surface area contributed by atoms with Gasteiger partial charge in [-0.15, -0.1) is 0 Å². The van der Waals surface area contributed by atoms with E-state index in [9.17, 15) is 4.79 Å². The third kappa shape index (κ3) is 1.53. The topological polar surface area (TPSA) is 34.4 Å². The summed E-state index contributed by atoms with van der Waals surface area (Å²) in [5, 5.41) is 4.35. The second-order valence-electron chi connectivity index (χ2n) is 3.52.